The summed E-state index contributed by atoms with van der Waals surface area (Å²) in [5, 5.41) is 14.9. The number of rotatable bonds is 6. The smallest absolute Gasteiger partial charge is 0.243 e. The van der Waals surface area contributed by atoms with Gasteiger partial charge in [0.05, 0.1) is 27.2 Å². The molecule has 1 aliphatic rings. The third kappa shape index (κ3) is 4.95. The summed E-state index contributed by atoms with van der Waals surface area (Å²) in [5.74, 6) is 0.783. The highest BCUT2D eigenvalue weighted by Gasteiger charge is 2.29. The van der Waals surface area contributed by atoms with E-state index in [-0.39, 0.29) is 4.90 Å². The molecule has 1 fully saturated rings. The molecule has 1 unspecified atom stereocenters. The van der Waals surface area contributed by atoms with Gasteiger partial charge in [0.15, 0.2) is 0 Å². The third-order valence-electron chi connectivity index (χ3n) is 7.19. The summed E-state index contributed by atoms with van der Waals surface area (Å²) in [6.45, 7) is 3.13. The van der Waals surface area contributed by atoms with Gasteiger partial charge in [-0.15, -0.1) is 0 Å². The first-order valence-corrected chi connectivity index (χ1v) is 14.7. The SMILES string of the molecule is CC1CCCN(S(=O)(=O)c2cccc(-c3nn(-c4ccccc4)cc3/C=C(/C#N)c3nc4ccccc4[nH]3)c2)C1. The lowest BCUT2D eigenvalue weighted by atomic mass is 10.0. The number of H-pyrrole nitrogens is 1. The van der Waals surface area contributed by atoms with E-state index in [1.165, 1.54) is 0 Å². The molecule has 0 spiro atoms. The zero-order valence-corrected chi connectivity index (χ0v) is 22.8. The molecule has 5 aromatic rings. The van der Waals surface area contributed by atoms with Gasteiger partial charge in [0.1, 0.15) is 17.6 Å². The summed E-state index contributed by atoms with van der Waals surface area (Å²) in [5.41, 5.74) is 4.67. The van der Waals surface area contributed by atoms with Crippen LogP contribution >= 0.6 is 0 Å². The van der Waals surface area contributed by atoms with Gasteiger partial charge in [-0.2, -0.15) is 14.7 Å². The highest BCUT2D eigenvalue weighted by Crippen LogP contribution is 2.31. The Morgan fingerprint density at radius 2 is 1.88 bits per heavy atom. The van der Waals surface area contributed by atoms with Crippen LogP contribution in [0.5, 0.6) is 0 Å². The van der Waals surface area contributed by atoms with E-state index in [1.807, 2.05) is 66.9 Å². The van der Waals surface area contributed by atoms with E-state index in [1.54, 1.807) is 33.3 Å². The monoisotopic (exact) mass is 548 g/mol. The summed E-state index contributed by atoms with van der Waals surface area (Å²) in [6, 6.07) is 26.4. The Labute approximate surface area is 233 Å². The molecule has 1 N–H and O–H groups in total. The summed E-state index contributed by atoms with van der Waals surface area (Å²) >= 11 is 0. The largest absolute Gasteiger partial charge is 0.337 e. The number of nitrogens with one attached hydrogen (secondary N) is 1. The Balaban J connectivity index is 1.46. The van der Waals surface area contributed by atoms with Crippen molar-refractivity contribution in [3.05, 3.63) is 96.4 Å². The van der Waals surface area contributed by atoms with E-state index >= 15 is 0 Å². The number of aromatic nitrogens is 4. The maximum atomic E-state index is 13.6. The minimum absolute atomic E-state index is 0.237. The lowest BCUT2D eigenvalue weighted by Gasteiger charge is -2.30. The van der Waals surface area contributed by atoms with Crippen molar-refractivity contribution < 1.29 is 8.42 Å². The van der Waals surface area contributed by atoms with E-state index < -0.39 is 10.0 Å². The number of aromatic amines is 1. The molecule has 0 radical (unpaired) electrons. The van der Waals surface area contributed by atoms with Crippen LogP contribution in [-0.2, 0) is 10.0 Å². The Morgan fingerprint density at radius 3 is 2.65 bits per heavy atom. The first-order valence-electron chi connectivity index (χ1n) is 13.2. The first kappa shape index (κ1) is 25.7. The Hall–Kier alpha value is -4.52. The van der Waals surface area contributed by atoms with E-state index in [0.717, 1.165) is 29.6 Å². The van der Waals surface area contributed by atoms with Crippen molar-refractivity contribution in [3.8, 4) is 23.0 Å². The molecule has 40 heavy (non-hydrogen) atoms. The molecule has 3 aromatic carbocycles. The predicted octanol–water partition coefficient (Wildman–Crippen LogP) is 5.90. The molecular weight excluding hydrogens is 520 g/mol. The Morgan fingerprint density at radius 1 is 1.07 bits per heavy atom. The van der Waals surface area contributed by atoms with Crippen LogP contribution in [0.4, 0.5) is 0 Å². The summed E-state index contributed by atoms with van der Waals surface area (Å²) in [4.78, 5) is 8.05. The van der Waals surface area contributed by atoms with Crippen molar-refractivity contribution in [1.29, 1.82) is 5.26 Å². The number of benzene rings is 3. The number of hydrogen-bond acceptors (Lipinski definition) is 5. The molecule has 0 amide bonds. The molecule has 1 aliphatic heterocycles. The van der Waals surface area contributed by atoms with Crippen LogP contribution < -0.4 is 0 Å². The fourth-order valence-electron chi connectivity index (χ4n) is 5.14. The number of sulfonamides is 1. The van der Waals surface area contributed by atoms with Crippen LogP contribution in [0, 0.1) is 17.2 Å². The van der Waals surface area contributed by atoms with Crippen LogP contribution in [0.25, 0.3) is 39.6 Å². The minimum Gasteiger partial charge on any atom is -0.337 e. The van der Waals surface area contributed by atoms with Gasteiger partial charge in [0, 0.05) is 30.4 Å². The Kier molecular flexibility index (Phi) is 6.80. The number of nitriles is 1. The molecule has 0 bridgehead atoms. The van der Waals surface area contributed by atoms with Crippen LogP contribution in [0.15, 0.2) is 90.0 Å². The Bertz CT molecular complexity index is 1830. The second-order valence-corrected chi connectivity index (χ2v) is 12.1. The van der Waals surface area contributed by atoms with Crippen molar-refractivity contribution >= 4 is 32.7 Å². The molecule has 0 saturated carbocycles. The minimum atomic E-state index is -3.65. The van der Waals surface area contributed by atoms with Crippen LogP contribution in [0.1, 0.15) is 31.2 Å². The molecule has 200 valence electrons. The van der Waals surface area contributed by atoms with Gasteiger partial charge in [-0.3, -0.25) is 0 Å². The van der Waals surface area contributed by atoms with Crippen molar-refractivity contribution in [2.75, 3.05) is 13.1 Å². The van der Waals surface area contributed by atoms with Crippen LogP contribution in [-0.4, -0.2) is 45.6 Å². The van der Waals surface area contributed by atoms with Gasteiger partial charge < -0.3 is 4.98 Å². The van der Waals surface area contributed by atoms with Gasteiger partial charge in [-0.1, -0.05) is 49.4 Å². The van der Waals surface area contributed by atoms with Gasteiger partial charge in [-0.05, 0) is 61.2 Å². The van der Waals surface area contributed by atoms with Crippen molar-refractivity contribution in [2.45, 2.75) is 24.7 Å². The number of allylic oxidation sites excluding steroid dienone is 1. The molecule has 0 aliphatic carbocycles. The quantitative estimate of drug-likeness (QED) is 0.266. The average molecular weight is 549 g/mol. The van der Waals surface area contributed by atoms with Gasteiger partial charge >= 0.3 is 0 Å². The molecular formula is C31H28N6O2S. The molecule has 6 rings (SSSR count). The number of imidazole rings is 1. The summed E-state index contributed by atoms with van der Waals surface area (Å²) < 4.78 is 30.4. The number of fused-ring (bicyclic) bond motifs is 1. The topological polar surface area (TPSA) is 108 Å². The maximum Gasteiger partial charge on any atom is 0.243 e. The lowest BCUT2D eigenvalue weighted by molar-refractivity contribution is 0.281. The van der Waals surface area contributed by atoms with E-state index in [4.69, 9.17) is 5.10 Å². The second-order valence-electron chi connectivity index (χ2n) is 10.1. The number of piperidine rings is 1. The summed E-state index contributed by atoms with van der Waals surface area (Å²) in [7, 11) is -3.65. The van der Waals surface area contributed by atoms with E-state index in [0.29, 0.717) is 47.2 Å². The number of nitrogens with zero attached hydrogens (tertiary/aromatic N) is 5. The van der Waals surface area contributed by atoms with E-state index in [9.17, 15) is 13.7 Å². The van der Waals surface area contributed by atoms with Crippen molar-refractivity contribution in [1.82, 2.24) is 24.1 Å². The predicted molar refractivity (Wildman–Crippen MR) is 156 cm³/mol. The molecule has 9 heteroatoms. The van der Waals surface area contributed by atoms with Crippen molar-refractivity contribution in [3.63, 3.8) is 0 Å². The zero-order valence-electron chi connectivity index (χ0n) is 22.0. The second kappa shape index (κ2) is 10.6. The molecule has 1 saturated heterocycles. The average Bonchev–Trinajstić information content (AvgIpc) is 3.61. The molecule has 8 nitrogen and oxygen atoms in total. The zero-order chi connectivity index (χ0) is 27.7. The lowest BCUT2D eigenvalue weighted by Crippen LogP contribution is -2.39. The van der Waals surface area contributed by atoms with Crippen molar-refractivity contribution in [2.24, 2.45) is 5.92 Å². The normalized spacial score (nSPS) is 16.7. The first-order chi connectivity index (χ1) is 19.4. The number of hydrogen-bond donors (Lipinski definition) is 1. The standard InChI is InChI=1S/C31H28N6O2S/c1-22-9-8-16-36(20-22)40(38,39)27-13-7-10-23(18-27)30-25(21-37(35-30)26-11-3-2-4-12-26)17-24(19-32)31-33-28-14-5-6-15-29(28)34-31/h2-7,10-15,17-18,21-22H,8-9,16,20H2,1H3,(H,33,34)/b24-17-. The highest BCUT2D eigenvalue weighted by molar-refractivity contribution is 7.89. The van der Waals surface area contributed by atoms with Gasteiger partial charge in [-0.25, -0.2) is 18.1 Å². The third-order valence-corrected chi connectivity index (χ3v) is 9.05. The highest BCUT2D eigenvalue weighted by atomic mass is 32.2. The number of para-hydroxylation sites is 3. The summed E-state index contributed by atoms with van der Waals surface area (Å²) in [6.07, 6.45) is 5.48. The van der Waals surface area contributed by atoms with Gasteiger partial charge in [0.25, 0.3) is 0 Å². The fourth-order valence-corrected chi connectivity index (χ4v) is 6.78. The maximum absolute atomic E-state index is 13.6. The fraction of sp³-hybridized carbons (Fsp3) is 0.194. The molecule has 1 atom stereocenters. The van der Waals surface area contributed by atoms with E-state index in [2.05, 4.69) is 23.0 Å². The molecule has 3 heterocycles. The van der Waals surface area contributed by atoms with Crippen LogP contribution in [0.2, 0.25) is 0 Å². The molecule has 2 aromatic heterocycles. The van der Waals surface area contributed by atoms with Crippen LogP contribution in [0.3, 0.4) is 0 Å². The van der Waals surface area contributed by atoms with Gasteiger partial charge in [0.2, 0.25) is 10.0 Å².